The number of carbonyl (C=O) groups excluding carboxylic acids is 1. The number of phenolic OH excluding ortho intramolecular Hbond substituents is 1. The Hall–Kier alpha value is -3.17. The van der Waals surface area contributed by atoms with E-state index in [9.17, 15) is 23.1 Å². The molecule has 0 bridgehead atoms. The van der Waals surface area contributed by atoms with Crippen LogP contribution in [0.5, 0.6) is 11.5 Å². The van der Waals surface area contributed by atoms with Crippen LogP contribution >= 0.6 is 11.8 Å². The summed E-state index contributed by atoms with van der Waals surface area (Å²) in [6.07, 6.45) is 0.400. The van der Waals surface area contributed by atoms with Gasteiger partial charge in [-0.25, -0.2) is 0 Å². The summed E-state index contributed by atoms with van der Waals surface area (Å²) in [7, 11) is 0. The SMILES string of the molecule is NC(=O)C(Cc1ccc(O)cc1)NCc1ccc(OCc2ccc(SC(F)(F)F)cc2)cc1. The summed E-state index contributed by atoms with van der Waals surface area (Å²) in [5.74, 6) is 0.299. The predicted molar refractivity (Wildman–Crippen MR) is 121 cm³/mol. The number of thioether (sulfide) groups is 1. The number of rotatable bonds is 10. The third-order valence-electron chi connectivity index (χ3n) is 4.76. The minimum atomic E-state index is -4.31. The number of benzene rings is 3. The Morgan fingerprint density at radius 3 is 2.09 bits per heavy atom. The Morgan fingerprint density at radius 2 is 1.52 bits per heavy atom. The van der Waals surface area contributed by atoms with Gasteiger partial charge in [-0.2, -0.15) is 13.2 Å². The molecule has 0 aliphatic rings. The molecule has 3 rings (SSSR count). The van der Waals surface area contributed by atoms with Crippen molar-refractivity contribution in [3.05, 3.63) is 89.5 Å². The Kier molecular flexibility index (Phi) is 8.24. The molecule has 0 aliphatic carbocycles. The van der Waals surface area contributed by atoms with Crippen molar-refractivity contribution in [1.29, 1.82) is 0 Å². The molecule has 3 aromatic carbocycles. The van der Waals surface area contributed by atoms with E-state index in [1.54, 1.807) is 48.5 Å². The van der Waals surface area contributed by atoms with E-state index in [2.05, 4.69) is 5.32 Å². The maximum absolute atomic E-state index is 12.4. The lowest BCUT2D eigenvalue weighted by Gasteiger charge is -2.16. The molecule has 0 heterocycles. The average molecular weight is 477 g/mol. The maximum atomic E-state index is 12.4. The van der Waals surface area contributed by atoms with Gasteiger partial charge in [-0.3, -0.25) is 4.79 Å². The van der Waals surface area contributed by atoms with Crippen molar-refractivity contribution in [3.63, 3.8) is 0 Å². The van der Waals surface area contributed by atoms with Crippen LogP contribution in [0.3, 0.4) is 0 Å². The summed E-state index contributed by atoms with van der Waals surface area (Å²) in [5, 5.41) is 12.5. The van der Waals surface area contributed by atoms with Gasteiger partial charge in [0.05, 0.1) is 6.04 Å². The van der Waals surface area contributed by atoms with Gasteiger partial charge in [-0.1, -0.05) is 36.4 Å². The first-order chi connectivity index (χ1) is 15.7. The molecule has 1 atom stereocenters. The number of halogens is 3. The van der Waals surface area contributed by atoms with Crippen LogP contribution < -0.4 is 15.8 Å². The standard InChI is InChI=1S/C24H23F3N2O3S/c25-24(26,27)33-21-11-5-18(6-12-21)15-32-20-9-3-17(4-10-20)14-29-22(23(28)31)13-16-1-7-19(30)8-2-16/h1-12,22,29-30H,13-15H2,(H2,28,31). The molecule has 174 valence electrons. The molecule has 3 aromatic rings. The van der Waals surface area contributed by atoms with Crippen LogP contribution in [-0.2, 0) is 24.4 Å². The zero-order chi connectivity index (χ0) is 23.8. The van der Waals surface area contributed by atoms with E-state index in [0.717, 1.165) is 16.7 Å². The summed E-state index contributed by atoms with van der Waals surface area (Å²) < 4.78 is 42.9. The van der Waals surface area contributed by atoms with Gasteiger partial charge in [0.15, 0.2) is 0 Å². The summed E-state index contributed by atoms with van der Waals surface area (Å²) in [5.41, 5.74) is 3.75. The average Bonchev–Trinajstić information content (AvgIpc) is 2.77. The van der Waals surface area contributed by atoms with E-state index in [1.165, 1.54) is 12.1 Å². The molecule has 4 N–H and O–H groups in total. The number of phenols is 1. The van der Waals surface area contributed by atoms with Gasteiger partial charge in [0, 0.05) is 11.4 Å². The molecule has 0 fully saturated rings. The largest absolute Gasteiger partial charge is 0.508 e. The van der Waals surface area contributed by atoms with Gasteiger partial charge in [0.1, 0.15) is 18.1 Å². The van der Waals surface area contributed by atoms with Crippen molar-refractivity contribution in [1.82, 2.24) is 5.32 Å². The third kappa shape index (κ3) is 8.36. The summed E-state index contributed by atoms with van der Waals surface area (Å²) in [6, 6.07) is 19.3. The lowest BCUT2D eigenvalue weighted by Crippen LogP contribution is -2.42. The Labute approximate surface area is 193 Å². The van der Waals surface area contributed by atoms with Gasteiger partial charge in [-0.15, -0.1) is 0 Å². The van der Waals surface area contributed by atoms with Crippen molar-refractivity contribution < 1.29 is 27.8 Å². The number of amides is 1. The molecule has 9 heteroatoms. The molecular weight excluding hydrogens is 453 g/mol. The highest BCUT2D eigenvalue weighted by Crippen LogP contribution is 2.36. The lowest BCUT2D eigenvalue weighted by molar-refractivity contribution is -0.120. The van der Waals surface area contributed by atoms with Gasteiger partial charge < -0.3 is 20.9 Å². The van der Waals surface area contributed by atoms with Crippen molar-refractivity contribution >= 4 is 17.7 Å². The lowest BCUT2D eigenvalue weighted by atomic mass is 10.0. The molecule has 1 amide bonds. The van der Waals surface area contributed by atoms with Crippen LogP contribution in [0.1, 0.15) is 16.7 Å². The second-order valence-corrected chi connectivity index (χ2v) is 8.47. The van der Waals surface area contributed by atoms with Crippen LogP contribution in [-0.4, -0.2) is 22.6 Å². The van der Waals surface area contributed by atoms with Crippen LogP contribution in [0.4, 0.5) is 13.2 Å². The van der Waals surface area contributed by atoms with E-state index in [0.29, 0.717) is 18.7 Å². The molecule has 5 nitrogen and oxygen atoms in total. The maximum Gasteiger partial charge on any atom is 0.446 e. The Bertz CT molecular complexity index is 1040. The van der Waals surface area contributed by atoms with Gasteiger partial charge in [0.2, 0.25) is 5.91 Å². The molecule has 33 heavy (non-hydrogen) atoms. The van der Waals surface area contributed by atoms with E-state index < -0.39 is 17.5 Å². The molecule has 0 aliphatic heterocycles. The molecule has 1 unspecified atom stereocenters. The molecular formula is C24H23F3N2O3S. The Balaban J connectivity index is 1.49. The van der Waals surface area contributed by atoms with Crippen LogP contribution in [0.25, 0.3) is 0 Å². The molecule has 0 spiro atoms. The summed E-state index contributed by atoms with van der Waals surface area (Å²) in [4.78, 5) is 11.9. The highest BCUT2D eigenvalue weighted by molar-refractivity contribution is 8.00. The fourth-order valence-corrected chi connectivity index (χ4v) is 3.58. The topological polar surface area (TPSA) is 84.6 Å². The first-order valence-corrected chi connectivity index (χ1v) is 10.9. The van der Waals surface area contributed by atoms with Crippen molar-refractivity contribution in [2.75, 3.05) is 0 Å². The summed E-state index contributed by atoms with van der Waals surface area (Å²) in [6.45, 7) is 0.648. The minimum Gasteiger partial charge on any atom is -0.508 e. The number of carbonyl (C=O) groups is 1. The normalized spacial score (nSPS) is 12.3. The number of nitrogens with two attached hydrogens (primary N) is 1. The number of hydrogen-bond donors (Lipinski definition) is 3. The molecule has 0 saturated carbocycles. The van der Waals surface area contributed by atoms with Crippen LogP contribution in [0.15, 0.2) is 77.7 Å². The number of alkyl halides is 3. The molecule has 0 radical (unpaired) electrons. The van der Waals surface area contributed by atoms with E-state index in [-0.39, 0.29) is 29.0 Å². The van der Waals surface area contributed by atoms with Gasteiger partial charge in [0.25, 0.3) is 0 Å². The number of ether oxygens (including phenoxy) is 1. The Morgan fingerprint density at radius 1 is 0.939 bits per heavy atom. The number of nitrogens with one attached hydrogen (secondary N) is 1. The zero-order valence-electron chi connectivity index (χ0n) is 17.5. The van der Waals surface area contributed by atoms with Crippen LogP contribution in [0.2, 0.25) is 0 Å². The monoisotopic (exact) mass is 476 g/mol. The minimum absolute atomic E-state index is 0.128. The fourth-order valence-electron chi connectivity index (χ4n) is 3.04. The van der Waals surface area contributed by atoms with Gasteiger partial charge >= 0.3 is 5.51 Å². The number of primary amides is 1. The first kappa shape index (κ1) is 24.5. The number of aromatic hydroxyl groups is 1. The van der Waals surface area contributed by atoms with E-state index in [4.69, 9.17) is 10.5 Å². The third-order valence-corrected chi connectivity index (χ3v) is 5.50. The van der Waals surface area contributed by atoms with Gasteiger partial charge in [-0.05, 0) is 71.3 Å². The fraction of sp³-hybridized carbons (Fsp3) is 0.208. The van der Waals surface area contributed by atoms with Crippen LogP contribution in [0, 0.1) is 0 Å². The quantitative estimate of drug-likeness (QED) is 0.367. The second kappa shape index (κ2) is 11.1. The molecule has 0 saturated heterocycles. The highest BCUT2D eigenvalue weighted by Gasteiger charge is 2.29. The zero-order valence-corrected chi connectivity index (χ0v) is 18.3. The second-order valence-electron chi connectivity index (χ2n) is 7.33. The molecule has 0 aromatic heterocycles. The summed E-state index contributed by atoms with van der Waals surface area (Å²) >= 11 is -0.151. The van der Waals surface area contributed by atoms with Crippen molar-refractivity contribution in [2.45, 2.75) is 36.0 Å². The van der Waals surface area contributed by atoms with E-state index >= 15 is 0 Å². The predicted octanol–water partition coefficient (Wildman–Crippen LogP) is 4.77. The number of hydrogen-bond acceptors (Lipinski definition) is 5. The van der Waals surface area contributed by atoms with E-state index in [1.807, 2.05) is 12.1 Å². The van der Waals surface area contributed by atoms with Crippen molar-refractivity contribution in [3.8, 4) is 11.5 Å². The smallest absolute Gasteiger partial charge is 0.446 e. The highest BCUT2D eigenvalue weighted by atomic mass is 32.2. The van der Waals surface area contributed by atoms with Crippen molar-refractivity contribution in [2.24, 2.45) is 5.73 Å². The first-order valence-electron chi connectivity index (χ1n) is 10.0.